The molecule has 0 amide bonds. The van der Waals surface area contributed by atoms with Crippen molar-refractivity contribution in [2.45, 2.75) is 12.3 Å². The van der Waals surface area contributed by atoms with Crippen molar-refractivity contribution >= 4 is 15.7 Å². The summed E-state index contributed by atoms with van der Waals surface area (Å²) in [5, 5.41) is 0. The highest BCUT2D eigenvalue weighted by molar-refractivity contribution is 7.91. The van der Waals surface area contributed by atoms with E-state index in [0.717, 1.165) is 11.1 Å². The third kappa shape index (κ3) is 4.04. The zero-order valence-corrected chi connectivity index (χ0v) is 11.1. The van der Waals surface area contributed by atoms with E-state index in [9.17, 15) is 8.42 Å². The van der Waals surface area contributed by atoms with E-state index >= 15 is 0 Å². The van der Waals surface area contributed by atoms with E-state index in [4.69, 9.17) is 5.73 Å². The molecule has 1 aromatic heterocycles. The molecule has 0 aliphatic heterocycles. The fourth-order valence-electron chi connectivity index (χ4n) is 1.63. The summed E-state index contributed by atoms with van der Waals surface area (Å²) in [5.74, 6) is -0.0693. The third-order valence-electron chi connectivity index (χ3n) is 2.57. The number of aromatic nitrogens is 1. The Morgan fingerprint density at radius 3 is 2.16 bits per heavy atom. The number of nitrogens with one attached hydrogen (secondary N) is 1. The highest BCUT2D eigenvalue weighted by Gasteiger charge is 2.11. The molecule has 0 aliphatic rings. The number of rotatable bonds is 5. The van der Waals surface area contributed by atoms with Crippen LogP contribution in [0.1, 0.15) is 11.1 Å². The molecule has 0 atom stereocenters. The lowest BCUT2D eigenvalue weighted by atomic mass is 10.1. The number of nitrogens with two attached hydrogens (primary N) is 1. The van der Waals surface area contributed by atoms with E-state index < -0.39 is 10.0 Å². The zero-order valence-electron chi connectivity index (χ0n) is 10.3. The van der Waals surface area contributed by atoms with Crippen molar-refractivity contribution in [3.8, 4) is 0 Å². The maximum absolute atomic E-state index is 12.0. The monoisotopic (exact) mass is 277 g/mol. The first-order chi connectivity index (χ1) is 9.09. The Hall–Kier alpha value is -1.92. The highest BCUT2D eigenvalue weighted by atomic mass is 32.2. The van der Waals surface area contributed by atoms with Crippen LogP contribution in [0.5, 0.6) is 0 Å². The van der Waals surface area contributed by atoms with Gasteiger partial charge in [-0.25, -0.2) is 8.42 Å². The van der Waals surface area contributed by atoms with Gasteiger partial charge in [0.05, 0.1) is 11.4 Å². The van der Waals surface area contributed by atoms with Crippen molar-refractivity contribution in [1.82, 2.24) is 4.98 Å². The summed E-state index contributed by atoms with van der Waals surface area (Å²) < 4.78 is 26.4. The Morgan fingerprint density at radius 2 is 1.58 bits per heavy atom. The molecule has 0 saturated carbocycles. The molecule has 6 heteroatoms. The van der Waals surface area contributed by atoms with E-state index in [2.05, 4.69) is 9.71 Å². The summed E-state index contributed by atoms with van der Waals surface area (Å²) in [6.45, 7) is 0.447. The first-order valence-corrected chi connectivity index (χ1v) is 7.43. The Morgan fingerprint density at radius 1 is 1.00 bits per heavy atom. The molecule has 100 valence electrons. The molecule has 3 N–H and O–H groups in total. The van der Waals surface area contributed by atoms with Crippen molar-refractivity contribution in [1.29, 1.82) is 0 Å². The molecule has 0 unspecified atom stereocenters. The number of hydrogen-bond donors (Lipinski definition) is 2. The summed E-state index contributed by atoms with van der Waals surface area (Å²) in [6.07, 6.45) is 3.07. The molecule has 5 nitrogen and oxygen atoms in total. The van der Waals surface area contributed by atoms with Gasteiger partial charge < -0.3 is 5.73 Å². The van der Waals surface area contributed by atoms with Crippen LogP contribution >= 0.6 is 0 Å². The molecule has 1 heterocycles. The first kappa shape index (κ1) is 13.5. The van der Waals surface area contributed by atoms with Crippen LogP contribution in [0.3, 0.4) is 0 Å². The van der Waals surface area contributed by atoms with Crippen molar-refractivity contribution < 1.29 is 8.42 Å². The molecule has 0 aliphatic carbocycles. The average molecular weight is 277 g/mol. The smallest absolute Gasteiger partial charge is 0.236 e. The van der Waals surface area contributed by atoms with Crippen LogP contribution in [0.25, 0.3) is 0 Å². The second kappa shape index (κ2) is 5.81. The van der Waals surface area contributed by atoms with Gasteiger partial charge in [0.15, 0.2) is 0 Å². The van der Waals surface area contributed by atoms with Gasteiger partial charge >= 0.3 is 0 Å². The normalized spacial score (nSPS) is 11.2. The van der Waals surface area contributed by atoms with Crippen LogP contribution in [0.4, 0.5) is 5.69 Å². The molecule has 2 rings (SSSR count). The second-order valence-corrected chi connectivity index (χ2v) is 5.84. The minimum Gasteiger partial charge on any atom is -0.326 e. The third-order valence-corrected chi connectivity index (χ3v) is 3.83. The number of hydrogen-bond acceptors (Lipinski definition) is 4. The molecule has 19 heavy (non-hydrogen) atoms. The number of sulfonamides is 1. The van der Waals surface area contributed by atoms with E-state index in [1.54, 1.807) is 24.3 Å². The lowest BCUT2D eigenvalue weighted by molar-refractivity contribution is 0.600. The van der Waals surface area contributed by atoms with Crippen LogP contribution in [-0.4, -0.2) is 13.4 Å². The minimum absolute atomic E-state index is 0.0693. The van der Waals surface area contributed by atoms with E-state index in [1.165, 1.54) is 12.4 Å². The molecule has 2 aromatic rings. The van der Waals surface area contributed by atoms with Crippen LogP contribution in [0.15, 0.2) is 48.8 Å². The van der Waals surface area contributed by atoms with Crippen LogP contribution in [-0.2, 0) is 22.3 Å². The zero-order chi connectivity index (χ0) is 13.7. The van der Waals surface area contributed by atoms with Gasteiger partial charge in [-0.2, -0.15) is 0 Å². The van der Waals surface area contributed by atoms with Gasteiger partial charge in [-0.05, 0) is 23.3 Å². The summed E-state index contributed by atoms with van der Waals surface area (Å²) >= 11 is 0. The number of anilines is 1. The minimum atomic E-state index is -3.42. The Balaban J connectivity index is 2.08. The van der Waals surface area contributed by atoms with Gasteiger partial charge in [0, 0.05) is 18.9 Å². The first-order valence-electron chi connectivity index (χ1n) is 5.77. The van der Waals surface area contributed by atoms with Gasteiger partial charge in [0.25, 0.3) is 0 Å². The number of benzene rings is 1. The standard InChI is InChI=1S/C13H15N3O2S/c14-9-11-1-3-12(4-2-11)10-19(17,18)16-13-5-7-15-8-6-13/h1-8H,9-10,14H2,(H,15,16). The average Bonchev–Trinajstić information content (AvgIpc) is 2.39. The number of pyridine rings is 1. The summed E-state index contributed by atoms with van der Waals surface area (Å²) in [7, 11) is -3.42. The predicted molar refractivity (Wildman–Crippen MR) is 74.8 cm³/mol. The fourth-order valence-corrected chi connectivity index (χ4v) is 2.83. The van der Waals surface area contributed by atoms with Gasteiger partial charge in [-0.3, -0.25) is 9.71 Å². The molecular formula is C13H15N3O2S. The van der Waals surface area contributed by atoms with Gasteiger partial charge in [0.2, 0.25) is 10.0 Å². The Labute approximate surface area is 112 Å². The van der Waals surface area contributed by atoms with Crippen molar-refractivity contribution in [3.63, 3.8) is 0 Å². The van der Waals surface area contributed by atoms with Crippen LogP contribution in [0.2, 0.25) is 0 Å². The summed E-state index contributed by atoms with van der Waals surface area (Å²) in [5.41, 5.74) is 7.70. The largest absolute Gasteiger partial charge is 0.326 e. The Kier molecular flexibility index (Phi) is 4.13. The summed E-state index contributed by atoms with van der Waals surface area (Å²) in [4.78, 5) is 3.83. The molecule has 0 fully saturated rings. The molecule has 0 saturated heterocycles. The van der Waals surface area contributed by atoms with Crippen LogP contribution < -0.4 is 10.5 Å². The highest BCUT2D eigenvalue weighted by Crippen LogP contribution is 2.12. The van der Waals surface area contributed by atoms with Crippen LogP contribution in [0, 0.1) is 0 Å². The molecule has 0 bridgehead atoms. The second-order valence-electron chi connectivity index (χ2n) is 4.12. The molecule has 1 aromatic carbocycles. The molecular weight excluding hydrogens is 262 g/mol. The van der Waals surface area contributed by atoms with E-state index in [-0.39, 0.29) is 5.75 Å². The fraction of sp³-hybridized carbons (Fsp3) is 0.154. The van der Waals surface area contributed by atoms with Gasteiger partial charge in [-0.1, -0.05) is 24.3 Å². The van der Waals surface area contributed by atoms with Crippen molar-refractivity contribution in [2.75, 3.05) is 4.72 Å². The van der Waals surface area contributed by atoms with Crippen molar-refractivity contribution in [2.24, 2.45) is 5.73 Å². The Bertz CT molecular complexity index is 625. The quantitative estimate of drug-likeness (QED) is 0.867. The van der Waals surface area contributed by atoms with E-state index in [1.807, 2.05) is 12.1 Å². The lowest BCUT2D eigenvalue weighted by Crippen LogP contribution is -2.15. The van der Waals surface area contributed by atoms with Crippen molar-refractivity contribution in [3.05, 3.63) is 59.9 Å². The maximum Gasteiger partial charge on any atom is 0.236 e. The topological polar surface area (TPSA) is 85.1 Å². The predicted octanol–water partition coefficient (Wildman–Crippen LogP) is 1.48. The van der Waals surface area contributed by atoms with E-state index in [0.29, 0.717) is 12.2 Å². The number of nitrogens with zero attached hydrogens (tertiary/aromatic N) is 1. The van der Waals surface area contributed by atoms with Gasteiger partial charge in [-0.15, -0.1) is 0 Å². The molecule has 0 spiro atoms. The van der Waals surface area contributed by atoms with Gasteiger partial charge in [0.1, 0.15) is 0 Å². The SMILES string of the molecule is NCc1ccc(CS(=O)(=O)Nc2ccncc2)cc1. The maximum atomic E-state index is 12.0. The molecule has 0 radical (unpaired) electrons. The summed E-state index contributed by atoms with van der Waals surface area (Å²) in [6, 6.07) is 10.4. The lowest BCUT2D eigenvalue weighted by Gasteiger charge is -2.08.